The molecule has 1 saturated heterocycles. The smallest absolute Gasteiger partial charge is 0.435 e. The molecular formula is C30H50O4. The van der Waals surface area contributed by atoms with Gasteiger partial charge in [0, 0.05) is 11.8 Å². The first-order valence-electron chi connectivity index (χ1n) is 14.7. The molecule has 4 saturated carbocycles. The maximum atomic E-state index is 12.0. The van der Waals surface area contributed by atoms with Crippen LogP contribution >= 0.6 is 0 Å². The number of rotatable bonds is 7. The van der Waals surface area contributed by atoms with Gasteiger partial charge < -0.3 is 14.2 Å². The number of fused-ring (bicyclic) bond motifs is 4. The summed E-state index contributed by atoms with van der Waals surface area (Å²) in [7, 11) is 0. The first-order valence-corrected chi connectivity index (χ1v) is 14.7. The monoisotopic (exact) mass is 474 g/mol. The lowest BCUT2D eigenvalue weighted by Crippen LogP contribution is -2.59. The molecule has 4 nitrogen and oxygen atoms in total. The summed E-state index contributed by atoms with van der Waals surface area (Å²) in [5.74, 6) is 5.04. The molecule has 0 aromatic carbocycles. The fourth-order valence-corrected chi connectivity index (χ4v) is 10.1. The van der Waals surface area contributed by atoms with Gasteiger partial charge in [-0.15, -0.1) is 0 Å². The molecule has 1 spiro atoms. The highest BCUT2D eigenvalue weighted by Crippen LogP contribution is 2.74. The van der Waals surface area contributed by atoms with E-state index in [1.165, 1.54) is 51.4 Å². The molecule has 0 aromatic heterocycles. The van der Waals surface area contributed by atoms with Crippen molar-refractivity contribution in [2.45, 2.75) is 130 Å². The normalized spacial score (nSPS) is 47.7. The first kappa shape index (κ1) is 24.9. The standard InChI is InChI=1S/C30H50O4/c1-7-32-27(31)33-21-13-16-29(6)25-14-15-28(5)23(20(4)10-8-9-19(2)3)11-12-24(28)22(25)17-26-30(29,18-21)34-26/h19-26H,7-18H2,1-6H3/t20-,21+,22+,23-,24+,25+,26-,28-,29-,30-/m1/s1. The Morgan fingerprint density at radius 2 is 1.82 bits per heavy atom. The summed E-state index contributed by atoms with van der Waals surface area (Å²) < 4.78 is 17.4. The van der Waals surface area contributed by atoms with Crippen molar-refractivity contribution in [1.82, 2.24) is 0 Å². The van der Waals surface area contributed by atoms with Crippen LogP contribution < -0.4 is 0 Å². The van der Waals surface area contributed by atoms with Crippen LogP contribution in [0.1, 0.15) is 112 Å². The summed E-state index contributed by atoms with van der Waals surface area (Å²) in [6.07, 6.45) is 13.8. The Hall–Kier alpha value is -0.770. The van der Waals surface area contributed by atoms with E-state index in [9.17, 15) is 4.79 Å². The summed E-state index contributed by atoms with van der Waals surface area (Å²) in [6, 6.07) is 0. The molecule has 5 aliphatic rings. The van der Waals surface area contributed by atoms with Gasteiger partial charge in [-0.25, -0.2) is 4.79 Å². The predicted molar refractivity (Wildman–Crippen MR) is 134 cm³/mol. The number of hydrogen-bond acceptors (Lipinski definition) is 4. The van der Waals surface area contributed by atoms with E-state index in [4.69, 9.17) is 14.2 Å². The summed E-state index contributed by atoms with van der Waals surface area (Å²) >= 11 is 0. The van der Waals surface area contributed by atoms with Crippen molar-refractivity contribution in [3.63, 3.8) is 0 Å². The number of epoxide rings is 1. The average Bonchev–Trinajstić information content (AvgIpc) is 3.34. The topological polar surface area (TPSA) is 48.1 Å². The molecule has 0 radical (unpaired) electrons. The number of hydrogen-bond donors (Lipinski definition) is 0. The number of carbonyl (C=O) groups is 1. The van der Waals surface area contributed by atoms with Crippen LogP contribution in [0.2, 0.25) is 0 Å². The first-order chi connectivity index (χ1) is 16.1. The van der Waals surface area contributed by atoms with E-state index in [1.807, 2.05) is 6.92 Å². The van der Waals surface area contributed by atoms with Crippen LogP contribution in [0.25, 0.3) is 0 Å². The van der Waals surface area contributed by atoms with Crippen LogP contribution in [-0.4, -0.2) is 30.6 Å². The third-order valence-corrected chi connectivity index (χ3v) is 11.8. The van der Waals surface area contributed by atoms with Gasteiger partial charge in [0.25, 0.3) is 0 Å². The van der Waals surface area contributed by atoms with E-state index in [1.54, 1.807) is 0 Å². The van der Waals surface area contributed by atoms with E-state index in [2.05, 4.69) is 34.6 Å². The lowest BCUT2D eigenvalue weighted by atomic mass is 9.44. The molecule has 0 amide bonds. The molecule has 5 fully saturated rings. The highest BCUT2D eigenvalue weighted by Gasteiger charge is 2.76. The molecule has 34 heavy (non-hydrogen) atoms. The van der Waals surface area contributed by atoms with Gasteiger partial charge in [-0.3, -0.25) is 0 Å². The Labute approximate surface area is 208 Å². The van der Waals surface area contributed by atoms with Crippen LogP contribution in [0, 0.1) is 46.3 Å². The largest absolute Gasteiger partial charge is 0.508 e. The molecule has 194 valence electrons. The third kappa shape index (κ3) is 3.84. The van der Waals surface area contributed by atoms with Crippen LogP contribution in [0.3, 0.4) is 0 Å². The lowest BCUT2D eigenvalue weighted by molar-refractivity contribution is -0.120. The zero-order valence-electron chi connectivity index (χ0n) is 22.7. The highest BCUT2D eigenvalue weighted by atomic mass is 16.7. The second-order valence-corrected chi connectivity index (χ2v) is 13.7. The fraction of sp³-hybridized carbons (Fsp3) is 0.967. The Balaban J connectivity index is 1.27. The van der Waals surface area contributed by atoms with Gasteiger partial charge >= 0.3 is 6.16 Å². The second-order valence-electron chi connectivity index (χ2n) is 13.7. The summed E-state index contributed by atoms with van der Waals surface area (Å²) in [5, 5.41) is 0. The summed E-state index contributed by atoms with van der Waals surface area (Å²) in [5.41, 5.74) is 0.699. The maximum Gasteiger partial charge on any atom is 0.508 e. The molecule has 4 aliphatic carbocycles. The van der Waals surface area contributed by atoms with Crippen LogP contribution in [0.4, 0.5) is 4.79 Å². The fourth-order valence-electron chi connectivity index (χ4n) is 10.1. The van der Waals surface area contributed by atoms with Crippen LogP contribution in [0.5, 0.6) is 0 Å². The van der Waals surface area contributed by atoms with Gasteiger partial charge in [0.2, 0.25) is 0 Å². The number of carbonyl (C=O) groups excluding carboxylic acids is 1. The summed E-state index contributed by atoms with van der Waals surface area (Å²) in [4.78, 5) is 12.0. The molecule has 10 atom stereocenters. The molecule has 0 bridgehead atoms. The zero-order valence-corrected chi connectivity index (χ0v) is 22.7. The summed E-state index contributed by atoms with van der Waals surface area (Å²) in [6.45, 7) is 14.7. The van der Waals surface area contributed by atoms with E-state index < -0.39 is 6.16 Å². The van der Waals surface area contributed by atoms with Gasteiger partial charge in [-0.2, -0.15) is 0 Å². The predicted octanol–water partition coefficient (Wildman–Crippen LogP) is 7.78. The quantitative estimate of drug-likeness (QED) is 0.279. The lowest BCUT2D eigenvalue weighted by Gasteiger charge is -2.59. The Morgan fingerprint density at radius 3 is 2.56 bits per heavy atom. The molecular weight excluding hydrogens is 424 g/mol. The van der Waals surface area contributed by atoms with Gasteiger partial charge in [0.1, 0.15) is 11.7 Å². The minimum Gasteiger partial charge on any atom is -0.435 e. The van der Waals surface area contributed by atoms with E-state index in [0.717, 1.165) is 54.8 Å². The molecule has 0 aromatic rings. The van der Waals surface area contributed by atoms with Gasteiger partial charge in [-0.1, -0.05) is 53.9 Å². The zero-order chi connectivity index (χ0) is 24.3. The van der Waals surface area contributed by atoms with Gasteiger partial charge in [0.15, 0.2) is 0 Å². The van der Waals surface area contributed by atoms with E-state index in [-0.39, 0.29) is 17.1 Å². The Morgan fingerprint density at radius 1 is 1.03 bits per heavy atom. The molecule has 0 unspecified atom stereocenters. The van der Waals surface area contributed by atoms with Crippen LogP contribution in [-0.2, 0) is 14.2 Å². The van der Waals surface area contributed by atoms with Gasteiger partial charge in [-0.05, 0) is 92.8 Å². The maximum absolute atomic E-state index is 12.0. The molecule has 1 heterocycles. The van der Waals surface area contributed by atoms with Gasteiger partial charge in [0.05, 0.1) is 12.7 Å². The molecule has 4 heteroatoms. The van der Waals surface area contributed by atoms with E-state index in [0.29, 0.717) is 18.1 Å². The minimum atomic E-state index is -0.508. The third-order valence-electron chi connectivity index (χ3n) is 11.8. The van der Waals surface area contributed by atoms with Crippen molar-refractivity contribution in [3.8, 4) is 0 Å². The van der Waals surface area contributed by atoms with Crippen molar-refractivity contribution >= 4 is 6.16 Å². The Kier molecular flexibility index (Phi) is 6.56. The molecule has 5 rings (SSSR count). The second kappa shape index (κ2) is 8.96. The van der Waals surface area contributed by atoms with Crippen molar-refractivity contribution in [1.29, 1.82) is 0 Å². The van der Waals surface area contributed by atoms with Crippen molar-refractivity contribution < 1.29 is 19.0 Å². The Bertz CT molecular complexity index is 765. The van der Waals surface area contributed by atoms with Crippen molar-refractivity contribution in [2.24, 2.45) is 46.3 Å². The average molecular weight is 475 g/mol. The molecule has 1 aliphatic heterocycles. The minimum absolute atomic E-state index is 0.0509. The highest BCUT2D eigenvalue weighted by molar-refractivity contribution is 5.60. The van der Waals surface area contributed by atoms with Crippen molar-refractivity contribution in [2.75, 3.05) is 6.61 Å². The SMILES string of the molecule is CCOC(=O)O[C@H]1CC[C@]2(C)[C@H]3CC[C@]4(C)[C@@H]([C@H](C)CCCC(C)C)CC[C@H]4[C@@H]3C[C@H]3O[C@]32C1. The van der Waals surface area contributed by atoms with Crippen LogP contribution in [0.15, 0.2) is 0 Å². The molecule has 0 N–H and O–H groups in total. The van der Waals surface area contributed by atoms with E-state index >= 15 is 0 Å². The van der Waals surface area contributed by atoms with Crippen molar-refractivity contribution in [3.05, 3.63) is 0 Å². The number of ether oxygens (including phenoxy) is 3.